The van der Waals surface area contributed by atoms with E-state index in [2.05, 4.69) is 14.9 Å². The van der Waals surface area contributed by atoms with Crippen LogP contribution in [0, 0.1) is 5.82 Å². The van der Waals surface area contributed by atoms with Gasteiger partial charge in [0.1, 0.15) is 17.7 Å². The number of hydrogen-bond donors (Lipinski definition) is 1. The number of rotatable bonds is 3. The van der Waals surface area contributed by atoms with Gasteiger partial charge in [-0.25, -0.2) is 14.2 Å². The van der Waals surface area contributed by atoms with Gasteiger partial charge in [-0.2, -0.15) is 0 Å². The summed E-state index contributed by atoms with van der Waals surface area (Å²) in [5, 5.41) is 10.5. The summed E-state index contributed by atoms with van der Waals surface area (Å²) in [5.41, 5.74) is 3.31. The van der Waals surface area contributed by atoms with E-state index in [9.17, 15) is 14.3 Å². The molecule has 1 saturated heterocycles. The Bertz CT molecular complexity index is 1250. The Morgan fingerprint density at radius 3 is 2.72 bits per heavy atom. The van der Waals surface area contributed by atoms with Crippen molar-refractivity contribution in [1.29, 1.82) is 0 Å². The lowest BCUT2D eigenvalue weighted by molar-refractivity contribution is 0.0699. The molecule has 0 atom stereocenters. The van der Waals surface area contributed by atoms with Crippen molar-refractivity contribution in [2.45, 2.75) is 0 Å². The molecule has 1 aliphatic rings. The standard InChI is InChI=1S/C21H17FN4O3/c22-13-1-2-15-17(9-13)23-4-3-18(15)26-12-24-20-16(21(27)28)10-14(11-19(20)26)25-5-7-29-8-6-25/h1-4,9-12H,5-8H2,(H,27,28). The number of ether oxygens (including phenoxy) is 1. The number of anilines is 1. The van der Waals surface area contributed by atoms with Gasteiger partial charge in [0.05, 0.1) is 35.5 Å². The minimum atomic E-state index is -1.03. The van der Waals surface area contributed by atoms with E-state index < -0.39 is 5.97 Å². The SMILES string of the molecule is O=C(O)c1cc(N2CCOCC2)cc2c1ncn2-c1ccnc2cc(F)ccc12. The molecule has 4 aromatic rings. The zero-order valence-electron chi connectivity index (χ0n) is 15.4. The molecule has 0 spiro atoms. The number of carboxylic acids is 1. The molecule has 146 valence electrons. The van der Waals surface area contributed by atoms with E-state index in [1.165, 1.54) is 12.1 Å². The molecule has 0 aliphatic carbocycles. The highest BCUT2D eigenvalue weighted by Gasteiger charge is 2.20. The quantitative estimate of drug-likeness (QED) is 0.577. The van der Waals surface area contributed by atoms with Gasteiger partial charge < -0.3 is 14.7 Å². The first-order valence-corrected chi connectivity index (χ1v) is 9.23. The molecule has 0 amide bonds. The van der Waals surface area contributed by atoms with Crippen LogP contribution in [0.15, 0.2) is 48.9 Å². The lowest BCUT2D eigenvalue weighted by Crippen LogP contribution is -2.36. The molecular formula is C21H17FN4O3. The largest absolute Gasteiger partial charge is 0.478 e. The summed E-state index contributed by atoms with van der Waals surface area (Å²) in [5.74, 6) is -1.39. The molecule has 5 rings (SSSR count). The van der Waals surface area contributed by atoms with Crippen LogP contribution in [0.2, 0.25) is 0 Å². The first-order chi connectivity index (χ1) is 14.1. The highest BCUT2D eigenvalue weighted by molar-refractivity contribution is 6.03. The number of benzene rings is 2. The van der Waals surface area contributed by atoms with E-state index >= 15 is 0 Å². The Balaban J connectivity index is 1.75. The zero-order chi connectivity index (χ0) is 20.0. The van der Waals surface area contributed by atoms with Crippen molar-refractivity contribution < 1.29 is 19.0 Å². The van der Waals surface area contributed by atoms with Gasteiger partial charge >= 0.3 is 5.97 Å². The summed E-state index contributed by atoms with van der Waals surface area (Å²) < 4.78 is 20.9. The van der Waals surface area contributed by atoms with Crippen LogP contribution in [0.3, 0.4) is 0 Å². The monoisotopic (exact) mass is 392 g/mol. The number of hydrogen-bond acceptors (Lipinski definition) is 5. The molecule has 0 radical (unpaired) electrons. The molecule has 1 fully saturated rings. The van der Waals surface area contributed by atoms with Gasteiger partial charge in [0.25, 0.3) is 0 Å². The van der Waals surface area contributed by atoms with E-state index in [1.54, 1.807) is 24.7 Å². The molecule has 29 heavy (non-hydrogen) atoms. The average molecular weight is 392 g/mol. The molecule has 0 saturated carbocycles. The van der Waals surface area contributed by atoms with Gasteiger partial charge in [-0.15, -0.1) is 0 Å². The highest BCUT2D eigenvalue weighted by atomic mass is 19.1. The normalized spacial score (nSPS) is 14.6. The summed E-state index contributed by atoms with van der Waals surface area (Å²) >= 11 is 0. The lowest BCUT2D eigenvalue weighted by atomic mass is 10.1. The number of nitrogens with zero attached hydrogens (tertiary/aromatic N) is 4. The zero-order valence-corrected chi connectivity index (χ0v) is 15.4. The molecule has 1 aliphatic heterocycles. The number of halogens is 1. The third-order valence-electron chi connectivity index (χ3n) is 5.18. The van der Waals surface area contributed by atoms with E-state index in [-0.39, 0.29) is 11.4 Å². The van der Waals surface area contributed by atoms with E-state index in [0.29, 0.717) is 42.9 Å². The van der Waals surface area contributed by atoms with E-state index in [4.69, 9.17) is 4.74 Å². The van der Waals surface area contributed by atoms with Gasteiger partial charge in [-0.05, 0) is 30.3 Å². The molecule has 0 bridgehead atoms. The van der Waals surface area contributed by atoms with Gasteiger partial charge in [0, 0.05) is 36.4 Å². The smallest absolute Gasteiger partial charge is 0.338 e. The number of fused-ring (bicyclic) bond motifs is 2. The Hall–Kier alpha value is -3.52. The van der Waals surface area contributed by atoms with Crippen LogP contribution < -0.4 is 4.90 Å². The predicted octanol–water partition coefficient (Wildman–Crippen LogP) is 3.25. The average Bonchev–Trinajstić information content (AvgIpc) is 3.16. The first-order valence-electron chi connectivity index (χ1n) is 9.23. The molecule has 8 heteroatoms. The van der Waals surface area contributed by atoms with Gasteiger partial charge in [-0.1, -0.05) is 0 Å². The van der Waals surface area contributed by atoms with Crippen LogP contribution in [-0.4, -0.2) is 51.9 Å². The maximum absolute atomic E-state index is 13.6. The fraction of sp³-hybridized carbons (Fsp3) is 0.190. The molecule has 3 heterocycles. The van der Waals surface area contributed by atoms with Crippen LogP contribution in [0.1, 0.15) is 10.4 Å². The summed E-state index contributed by atoms with van der Waals surface area (Å²) in [6.07, 6.45) is 3.20. The lowest BCUT2D eigenvalue weighted by Gasteiger charge is -2.29. The summed E-state index contributed by atoms with van der Waals surface area (Å²) in [6.45, 7) is 2.58. The Labute approximate surface area is 165 Å². The topological polar surface area (TPSA) is 80.5 Å². The van der Waals surface area contributed by atoms with E-state index in [0.717, 1.165) is 16.8 Å². The van der Waals surface area contributed by atoms with Gasteiger partial charge in [0.2, 0.25) is 0 Å². The van der Waals surface area contributed by atoms with Crippen LogP contribution in [0.5, 0.6) is 0 Å². The maximum Gasteiger partial charge on any atom is 0.338 e. The second kappa shape index (κ2) is 6.82. The molecule has 1 N–H and O–H groups in total. The van der Waals surface area contributed by atoms with Crippen molar-refractivity contribution in [3.05, 3.63) is 60.3 Å². The molecule has 2 aromatic carbocycles. The number of imidazole rings is 1. The minimum Gasteiger partial charge on any atom is -0.478 e. The van der Waals surface area contributed by atoms with Crippen molar-refractivity contribution in [3.63, 3.8) is 0 Å². The van der Waals surface area contributed by atoms with Crippen LogP contribution in [0.4, 0.5) is 10.1 Å². The van der Waals surface area contributed by atoms with Crippen molar-refractivity contribution in [3.8, 4) is 5.69 Å². The molecular weight excluding hydrogens is 375 g/mol. The number of aromatic carboxylic acids is 1. The molecule has 7 nitrogen and oxygen atoms in total. The maximum atomic E-state index is 13.6. The van der Waals surface area contributed by atoms with Crippen LogP contribution in [-0.2, 0) is 4.74 Å². The Kier molecular flexibility index (Phi) is 4.13. The third kappa shape index (κ3) is 2.98. The van der Waals surface area contributed by atoms with Crippen LogP contribution >= 0.6 is 0 Å². The second-order valence-corrected chi connectivity index (χ2v) is 6.87. The van der Waals surface area contributed by atoms with Gasteiger partial charge in [0.15, 0.2) is 0 Å². The predicted molar refractivity (Wildman–Crippen MR) is 106 cm³/mol. The van der Waals surface area contributed by atoms with Crippen LogP contribution in [0.25, 0.3) is 27.6 Å². The molecule has 0 unspecified atom stereocenters. The van der Waals surface area contributed by atoms with Crippen molar-refractivity contribution >= 4 is 33.6 Å². The fourth-order valence-electron chi connectivity index (χ4n) is 3.78. The first kappa shape index (κ1) is 17.6. The summed E-state index contributed by atoms with van der Waals surface area (Å²) in [4.78, 5) is 22.6. The Morgan fingerprint density at radius 1 is 1.10 bits per heavy atom. The number of carbonyl (C=O) groups is 1. The highest BCUT2D eigenvalue weighted by Crippen LogP contribution is 2.30. The van der Waals surface area contributed by atoms with Crippen molar-refractivity contribution in [2.75, 3.05) is 31.2 Å². The number of aromatic nitrogens is 3. The number of pyridine rings is 1. The summed E-state index contributed by atoms with van der Waals surface area (Å²) in [6, 6.07) is 9.84. The second-order valence-electron chi connectivity index (χ2n) is 6.87. The number of carboxylic acid groups (broad SMARTS) is 1. The Morgan fingerprint density at radius 2 is 1.93 bits per heavy atom. The van der Waals surface area contributed by atoms with E-state index in [1.807, 2.05) is 16.7 Å². The molecule has 2 aromatic heterocycles. The van der Waals surface area contributed by atoms with Gasteiger partial charge in [-0.3, -0.25) is 9.55 Å². The third-order valence-corrected chi connectivity index (χ3v) is 5.18. The fourth-order valence-corrected chi connectivity index (χ4v) is 3.78. The van der Waals surface area contributed by atoms with Crippen molar-refractivity contribution in [1.82, 2.24) is 14.5 Å². The van der Waals surface area contributed by atoms with Crippen molar-refractivity contribution in [2.24, 2.45) is 0 Å². The minimum absolute atomic E-state index is 0.146. The number of morpholine rings is 1. The summed E-state index contributed by atoms with van der Waals surface area (Å²) in [7, 11) is 0.